The summed E-state index contributed by atoms with van der Waals surface area (Å²) in [6.07, 6.45) is 2.20. The summed E-state index contributed by atoms with van der Waals surface area (Å²) in [5.74, 6) is -0.528. The minimum atomic E-state index is -3.41. The molecule has 0 saturated carbocycles. The summed E-state index contributed by atoms with van der Waals surface area (Å²) in [5, 5.41) is 0. The number of carbonyl (C=O) groups excluding carboxylic acids is 1. The molecule has 0 N–H and O–H groups in total. The third-order valence-electron chi connectivity index (χ3n) is 2.27. The number of methoxy groups -OCH3 is 2. The van der Waals surface area contributed by atoms with Crippen LogP contribution in [0.4, 0.5) is 0 Å². The first-order chi connectivity index (χ1) is 8.88. The van der Waals surface area contributed by atoms with E-state index in [9.17, 15) is 13.2 Å². The predicted molar refractivity (Wildman–Crippen MR) is 65.0 cm³/mol. The highest BCUT2D eigenvalue weighted by Crippen LogP contribution is 2.09. The number of aromatic nitrogens is 1. The van der Waals surface area contributed by atoms with Crippen LogP contribution in [-0.2, 0) is 26.0 Å². The molecule has 0 saturated heterocycles. The largest absolute Gasteiger partial charge is 0.464 e. The molecule has 0 bridgehead atoms. The molecule has 0 radical (unpaired) electrons. The Morgan fingerprint density at radius 2 is 2.16 bits per heavy atom. The quantitative estimate of drug-likeness (QED) is 0.645. The molecule has 0 amide bonds. The number of nitrogens with zero attached hydrogens (tertiary/aromatic N) is 2. The van der Waals surface area contributed by atoms with Crippen molar-refractivity contribution in [1.82, 2.24) is 9.29 Å². The second-order valence-corrected chi connectivity index (χ2v) is 5.69. The lowest BCUT2D eigenvalue weighted by atomic mass is 10.5. The molecule has 0 aliphatic carbocycles. The molecule has 0 fully saturated rings. The van der Waals surface area contributed by atoms with Gasteiger partial charge in [0.25, 0.3) is 0 Å². The van der Waals surface area contributed by atoms with Crippen LogP contribution in [0.3, 0.4) is 0 Å². The molecule has 0 spiro atoms. The summed E-state index contributed by atoms with van der Waals surface area (Å²) in [6, 6.07) is 0. The van der Waals surface area contributed by atoms with Gasteiger partial charge in [-0.1, -0.05) is 0 Å². The first-order valence-corrected chi connectivity index (χ1v) is 7.20. The molecule has 1 rings (SSSR count). The van der Waals surface area contributed by atoms with Crippen LogP contribution in [0.25, 0.3) is 0 Å². The maximum absolute atomic E-state index is 11.5. The number of rotatable bonds is 7. The van der Waals surface area contributed by atoms with Crippen LogP contribution in [0.1, 0.15) is 16.4 Å². The summed E-state index contributed by atoms with van der Waals surface area (Å²) in [7, 11) is -0.721. The van der Waals surface area contributed by atoms with Gasteiger partial charge in [0.1, 0.15) is 6.26 Å². The Hall–Kier alpha value is -1.45. The van der Waals surface area contributed by atoms with Crippen LogP contribution in [0.15, 0.2) is 10.7 Å². The van der Waals surface area contributed by atoms with Crippen molar-refractivity contribution in [1.29, 1.82) is 0 Å². The Morgan fingerprint density at radius 1 is 1.47 bits per heavy atom. The lowest BCUT2D eigenvalue weighted by Gasteiger charge is -2.17. The van der Waals surface area contributed by atoms with E-state index in [4.69, 9.17) is 9.15 Å². The van der Waals surface area contributed by atoms with Gasteiger partial charge in [0, 0.05) is 13.7 Å². The summed E-state index contributed by atoms with van der Waals surface area (Å²) in [6.45, 7) is 0.349. The van der Waals surface area contributed by atoms with Gasteiger partial charge in [-0.3, -0.25) is 0 Å². The molecular weight excluding hydrogens is 276 g/mol. The Morgan fingerprint density at radius 3 is 2.68 bits per heavy atom. The number of sulfonamides is 1. The van der Waals surface area contributed by atoms with E-state index in [2.05, 4.69) is 9.72 Å². The minimum absolute atomic E-state index is 0.00214. The number of ether oxygens (including phenoxy) is 2. The van der Waals surface area contributed by atoms with Crippen LogP contribution >= 0.6 is 0 Å². The smallest absolute Gasteiger partial charge is 0.360 e. The molecule has 19 heavy (non-hydrogen) atoms. The second-order valence-electron chi connectivity index (χ2n) is 3.71. The van der Waals surface area contributed by atoms with Gasteiger partial charge in [-0.15, -0.1) is 0 Å². The van der Waals surface area contributed by atoms with Gasteiger partial charge in [-0.05, 0) is 0 Å². The fourth-order valence-corrected chi connectivity index (χ4v) is 2.04. The van der Waals surface area contributed by atoms with Crippen molar-refractivity contribution >= 4 is 16.0 Å². The number of hydrogen-bond acceptors (Lipinski definition) is 7. The minimum Gasteiger partial charge on any atom is -0.464 e. The molecule has 0 aromatic carbocycles. The summed E-state index contributed by atoms with van der Waals surface area (Å²) in [4.78, 5) is 15.0. The summed E-state index contributed by atoms with van der Waals surface area (Å²) >= 11 is 0. The Kier molecular flexibility index (Phi) is 5.45. The number of esters is 1. The van der Waals surface area contributed by atoms with Crippen LogP contribution < -0.4 is 0 Å². The third kappa shape index (κ3) is 4.62. The molecule has 0 aliphatic heterocycles. The van der Waals surface area contributed by atoms with E-state index in [1.165, 1.54) is 14.2 Å². The lowest BCUT2D eigenvalue weighted by molar-refractivity contribution is 0.0594. The highest BCUT2D eigenvalue weighted by molar-refractivity contribution is 7.88. The maximum Gasteiger partial charge on any atom is 0.360 e. The lowest BCUT2D eigenvalue weighted by Crippen LogP contribution is -2.32. The van der Waals surface area contributed by atoms with Crippen LogP contribution in [-0.4, -0.2) is 57.3 Å². The van der Waals surface area contributed by atoms with Crippen molar-refractivity contribution in [3.05, 3.63) is 17.8 Å². The van der Waals surface area contributed by atoms with Crippen LogP contribution in [0.2, 0.25) is 0 Å². The molecule has 1 aromatic heterocycles. The van der Waals surface area contributed by atoms with Crippen LogP contribution in [0.5, 0.6) is 0 Å². The number of carbonyl (C=O) groups is 1. The van der Waals surface area contributed by atoms with E-state index in [0.29, 0.717) is 0 Å². The molecule has 0 atom stereocenters. The topological polar surface area (TPSA) is 98.9 Å². The Balaban J connectivity index is 2.79. The fourth-order valence-electron chi connectivity index (χ4n) is 1.29. The van der Waals surface area contributed by atoms with Crippen molar-refractivity contribution in [3.63, 3.8) is 0 Å². The zero-order valence-corrected chi connectivity index (χ0v) is 11.8. The van der Waals surface area contributed by atoms with Gasteiger partial charge in [0.15, 0.2) is 5.69 Å². The Labute approximate surface area is 111 Å². The average Bonchev–Trinajstić information content (AvgIpc) is 2.80. The summed E-state index contributed by atoms with van der Waals surface area (Å²) < 4.78 is 38.6. The van der Waals surface area contributed by atoms with Gasteiger partial charge in [0.2, 0.25) is 15.9 Å². The molecule has 0 unspecified atom stereocenters. The molecule has 1 heterocycles. The molecule has 1 aromatic rings. The van der Waals surface area contributed by atoms with Crippen molar-refractivity contribution in [2.75, 3.05) is 33.6 Å². The van der Waals surface area contributed by atoms with Gasteiger partial charge in [-0.25, -0.2) is 18.2 Å². The highest BCUT2D eigenvalue weighted by atomic mass is 32.2. The molecule has 8 nitrogen and oxygen atoms in total. The monoisotopic (exact) mass is 292 g/mol. The molecular formula is C10H16N2O6S. The van der Waals surface area contributed by atoms with Gasteiger partial charge in [-0.2, -0.15) is 4.31 Å². The van der Waals surface area contributed by atoms with Gasteiger partial charge >= 0.3 is 5.97 Å². The molecule has 108 valence electrons. The van der Waals surface area contributed by atoms with E-state index in [0.717, 1.165) is 16.8 Å². The van der Waals surface area contributed by atoms with Crippen molar-refractivity contribution < 1.29 is 27.1 Å². The zero-order valence-electron chi connectivity index (χ0n) is 11.0. The second kappa shape index (κ2) is 6.64. The van der Waals surface area contributed by atoms with Crippen molar-refractivity contribution in [2.24, 2.45) is 0 Å². The van der Waals surface area contributed by atoms with Crippen LogP contribution in [0, 0.1) is 0 Å². The predicted octanol–water partition coefficient (Wildman–Crippen LogP) is -0.131. The normalized spacial score (nSPS) is 11.8. The number of hydrogen-bond donors (Lipinski definition) is 0. The molecule has 0 aliphatic rings. The maximum atomic E-state index is 11.5. The molecule has 9 heteroatoms. The van der Waals surface area contributed by atoms with E-state index in [1.54, 1.807) is 0 Å². The standard InChI is InChI=1S/C10H16N2O6S/c1-16-5-4-12(19(3,14)15)6-9-11-8(7-18-9)10(13)17-2/h7H,4-6H2,1-3H3. The Bertz CT molecular complexity index is 524. The van der Waals surface area contributed by atoms with Gasteiger partial charge in [0.05, 0.1) is 26.5 Å². The summed E-state index contributed by atoms with van der Waals surface area (Å²) in [5.41, 5.74) is -0.00214. The van der Waals surface area contributed by atoms with Gasteiger partial charge < -0.3 is 13.9 Å². The number of oxazole rings is 1. The van der Waals surface area contributed by atoms with E-state index < -0.39 is 16.0 Å². The SMILES string of the molecule is COCCN(Cc1nc(C(=O)OC)co1)S(C)(=O)=O. The van der Waals surface area contributed by atoms with E-state index in [1.807, 2.05) is 0 Å². The van der Waals surface area contributed by atoms with Crippen molar-refractivity contribution in [3.8, 4) is 0 Å². The first-order valence-electron chi connectivity index (χ1n) is 5.35. The fraction of sp³-hybridized carbons (Fsp3) is 0.600. The van der Waals surface area contributed by atoms with E-state index in [-0.39, 0.29) is 31.3 Å². The third-order valence-corrected chi connectivity index (χ3v) is 3.52. The zero-order chi connectivity index (χ0) is 14.5. The van der Waals surface area contributed by atoms with Crippen molar-refractivity contribution in [2.45, 2.75) is 6.54 Å². The first kappa shape index (κ1) is 15.6. The average molecular weight is 292 g/mol. The highest BCUT2D eigenvalue weighted by Gasteiger charge is 2.20. The van der Waals surface area contributed by atoms with E-state index >= 15 is 0 Å².